The van der Waals surface area contributed by atoms with Crippen LogP contribution in [-0.4, -0.2) is 0 Å². The van der Waals surface area contributed by atoms with Gasteiger partial charge in [-0.25, -0.2) is 0 Å². The van der Waals surface area contributed by atoms with Gasteiger partial charge in [-0.2, -0.15) is 0 Å². The predicted octanol–water partition coefficient (Wildman–Crippen LogP) is 9.12. The first-order valence-corrected chi connectivity index (χ1v) is 11.1. The van der Waals surface area contributed by atoms with Crippen LogP contribution in [-0.2, 0) is 0 Å². The highest BCUT2D eigenvalue weighted by Gasteiger charge is 2.14. The Kier molecular flexibility index (Phi) is 3.65. The van der Waals surface area contributed by atoms with Gasteiger partial charge >= 0.3 is 0 Å². The van der Waals surface area contributed by atoms with Crippen molar-refractivity contribution in [2.24, 2.45) is 0 Å². The molecule has 0 saturated heterocycles. The highest BCUT2D eigenvalue weighted by Crippen LogP contribution is 2.42. The number of benzene rings is 7. The maximum absolute atomic E-state index is 2.29. The van der Waals surface area contributed by atoms with Crippen molar-refractivity contribution < 1.29 is 0 Å². The van der Waals surface area contributed by atoms with Crippen LogP contribution < -0.4 is 0 Å². The summed E-state index contributed by atoms with van der Waals surface area (Å²) >= 11 is 0. The van der Waals surface area contributed by atoms with Gasteiger partial charge < -0.3 is 0 Å². The van der Waals surface area contributed by atoms with Crippen LogP contribution in [0, 0.1) is 0 Å². The van der Waals surface area contributed by atoms with Crippen LogP contribution in [0.5, 0.6) is 0 Å². The van der Waals surface area contributed by atoms with Crippen LogP contribution in [0.1, 0.15) is 0 Å². The van der Waals surface area contributed by atoms with Crippen molar-refractivity contribution in [1.82, 2.24) is 0 Å². The summed E-state index contributed by atoms with van der Waals surface area (Å²) in [5.74, 6) is 0. The second-order valence-corrected chi connectivity index (χ2v) is 8.51. The van der Waals surface area contributed by atoms with Crippen LogP contribution in [0.15, 0.2) is 121 Å². The molecule has 0 unspecified atom stereocenters. The van der Waals surface area contributed by atoms with Crippen molar-refractivity contribution in [3.63, 3.8) is 0 Å². The lowest BCUT2D eigenvalue weighted by molar-refractivity contribution is 1.71. The normalized spacial score (nSPS) is 11.8. The van der Waals surface area contributed by atoms with Crippen molar-refractivity contribution in [1.29, 1.82) is 0 Å². The fraction of sp³-hybridized carbons (Fsp3) is 0. The van der Waals surface area contributed by atoms with Gasteiger partial charge in [0.15, 0.2) is 0 Å². The van der Waals surface area contributed by atoms with E-state index in [1.807, 2.05) is 0 Å². The Bertz CT molecular complexity index is 1780. The lowest BCUT2D eigenvalue weighted by Gasteiger charge is -2.16. The standard InChI is InChI=1S/C32H20/c1-2-10-22-21(9-1)19-20-28-23(22)15-7-16-27(28)31-18-8-17-30-26-12-4-3-11-24(26)25-13-5-6-14-29(25)32(30)31/h1-20H. The molecule has 0 nitrogen and oxygen atoms in total. The van der Waals surface area contributed by atoms with E-state index in [0.717, 1.165) is 0 Å². The van der Waals surface area contributed by atoms with Gasteiger partial charge in [0.2, 0.25) is 0 Å². The predicted molar refractivity (Wildman–Crippen MR) is 139 cm³/mol. The van der Waals surface area contributed by atoms with Crippen LogP contribution in [0.25, 0.3) is 65.0 Å². The molecule has 0 atom stereocenters. The van der Waals surface area contributed by atoms with Gasteiger partial charge in [-0.3, -0.25) is 0 Å². The molecular weight excluding hydrogens is 384 g/mol. The summed E-state index contributed by atoms with van der Waals surface area (Å²) in [6.07, 6.45) is 0. The summed E-state index contributed by atoms with van der Waals surface area (Å²) in [5.41, 5.74) is 2.59. The summed E-state index contributed by atoms with van der Waals surface area (Å²) < 4.78 is 0. The van der Waals surface area contributed by atoms with Gasteiger partial charge in [0.1, 0.15) is 0 Å². The Morgan fingerprint density at radius 3 is 1.44 bits per heavy atom. The second kappa shape index (κ2) is 6.67. The first-order valence-electron chi connectivity index (χ1n) is 11.1. The third kappa shape index (κ3) is 2.38. The van der Waals surface area contributed by atoms with Crippen LogP contribution in [0.4, 0.5) is 0 Å². The average Bonchev–Trinajstić information content (AvgIpc) is 2.88. The lowest BCUT2D eigenvalue weighted by Crippen LogP contribution is -1.88. The van der Waals surface area contributed by atoms with E-state index < -0.39 is 0 Å². The number of fused-ring (bicyclic) bond motifs is 9. The minimum atomic E-state index is 1.28. The SMILES string of the molecule is c1ccc2c(c1)ccc1c(-c3cccc4c5ccccc5c5ccccc5c34)cccc12. The smallest absolute Gasteiger partial charge is 0.00201 e. The van der Waals surface area contributed by atoms with E-state index >= 15 is 0 Å². The first-order chi connectivity index (χ1) is 15.9. The summed E-state index contributed by atoms with van der Waals surface area (Å²) in [6.45, 7) is 0. The molecule has 0 saturated carbocycles. The molecule has 7 aromatic carbocycles. The van der Waals surface area contributed by atoms with Gasteiger partial charge in [-0.15, -0.1) is 0 Å². The molecule has 0 heteroatoms. The topological polar surface area (TPSA) is 0 Å². The molecule has 7 rings (SSSR count). The van der Waals surface area contributed by atoms with Gasteiger partial charge in [0, 0.05) is 0 Å². The molecule has 0 bridgehead atoms. The summed E-state index contributed by atoms with van der Waals surface area (Å²) in [5, 5.41) is 13.1. The third-order valence-corrected chi connectivity index (χ3v) is 6.85. The Labute approximate surface area is 186 Å². The molecule has 0 aliphatic carbocycles. The molecule has 0 spiro atoms. The Hall–Kier alpha value is -4.16. The quantitative estimate of drug-likeness (QED) is 0.239. The lowest BCUT2D eigenvalue weighted by atomic mass is 9.87. The monoisotopic (exact) mass is 404 g/mol. The van der Waals surface area contributed by atoms with E-state index in [2.05, 4.69) is 121 Å². The van der Waals surface area contributed by atoms with Crippen LogP contribution in [0.2, 0.25) is 0 Å². The Morgan fingerprint density at radius 1 is 0.250 bits per heavy atom. The molecule has 0 heterocycles. The zero-order valence-corrected chi connectivity index (χ0v) is 17.5. The molecule has 0 aliphatic heterocycles. The zero-order chi connectivity index (χ0) is 21.1. The molecule has 0 amide bonds. The van der Waals surface area contributed by atoms with E-state index in [1.54, 1.807) is 0 Å². The fourth-order valence-electron chi connectivity index (χ4n) is 5.46. The van der Waals surface area contributed by atoms with Gasteiger partial charge in [0.05, 0.1) is 0 Å². The van der Waals surface area contributed by atoms with Crippen molar-refractivity contribution >= 4 is 53.9 Å². The highest BCUT2D eigenvalue weighted by atomic mass is 14.2. The van der Waals surface area contributed by atoms with Crippen molar-refractivity contribution in [2.75, 3.05) is 0 Å². The van der Waals surface area contributed by atoms with Gasteiger partial charge in [-0.1, -0.05) is 121 Å². The molecule has 7 aromatic rings. The van der Waals surface area contributed by atoms with Gasteiger partial charge in [0.25, 0.3) is 0 Å². The van der Waals surface area contributed by atoms with E-state index in [1.165, 1.54) is 65.0 Å². The minimum absolute atomic E-state index is 1.28. The summed E-state index contributed by atoms with van der Waals surface area (Å²) in [6, 6.07) is 44.3. The van der Waals surface area contributed by atoms with E-state index in [0.29, 0.717) is 0 Å². The van der Waals surface area contributed by atoms with Crippen molar-refractivity contribution in [2.45, 2.75) is 0 Å². The van der Waals surface area contributed by atoms with E-state index in [4.69, 9.17) is 0 Å². The molecule has 0 aliphatic rings. The van der Waals surface area contributed by atoms with Crippen LogP contribution >= 0.6 is 0 Å². The highest BCUT2D eigenvalue weighted by molar-refractivity contribution is 6.29. The van der Waals surface area contributed by atoms with E-state index in [9.17, 15) is 0 Å². The zero-order valence-electron chi connectivity index (χ0n) is 17.5. The average molecular weight is 405 g/mol. The summed E-state index contributed by atoms with van der Waals surface area (Å²) in [7, 11) is 0. The Morgan fingerprint density at radius 2 is 0.719 bits per heavy atom. The first kappa shape index (κ1) is 17.5. The van der Waals surface area contributed by atoms with Crippen LogP contribution in [0.3, 0.4) is 0 Å². The number of hydrogen-bond donors (Lipinski definition) is 0. The molecule has 0 aromatic heterocycles. The number of hydrogen-bond acceptors (Lipinski definition) is 0. The maximum atomic E-state index is 2.29. The minimum Gasteiger partial charge on any atom is -0.0616 e. The largest absolute Gasteiger partial charge is 0.0616 e. The third-order valence-electron chi connectivity index (χ3n) is 6.85. The Balaban J connectivity index is 1.69. The molecule has 0 fully saturated rings. The fourth-order valence-corrected chi connectivity index (χ4v) is 5.46. The van der Waals surface area contributed by atoms with Gasteiger partial charge in [-0.05, 0) is 65.0 Å². The van der Waals surface area contributed by atoms with E-state index in [-0.39, 0.29) is 0 Å². The molecule has 0 N–H and O–H groups in total. The maximum Gasteiger partial charge on any atom is -0.00201 e. The molecule has 32 heavy (non-hydrogen) atoms. The summed E-state index contributed by atoms with van der Waals surface area (Å²) in [4.78, 5) is 0. The van der Waals surface area contributed by atoms with Crippen molar-refractivity contribution in [3.8, 4) is 11.1 Å². The molecule has 148 valence electrons. The molecular formula is C32H20. The second-order valence-electron chi connectivity index (χ2n) is 8.51. The number of rotatable bonds is 1. The van der Waals surface area contributed by atoms with Crippen molar-refractivity contribution in [3.05, 3.63) is 121 Å². The molecule has 0 radical (unpaired) electrons.